The van der Waals surface area contributed by atoms with Gasteiger partial charge in [0, 0.05) is 12.4 Å². The lowest BCUT2D eigenvalue weighted by atomic mass is 10.2. The second kappa shape index (κ2) is 9.28. The van der Waals surface area contributed by atoms with Gasteiger partial charge in [-0.25, -0.2) is 8.42 Å². The third-order valence-corrected chi connectivity index (χ3v) is 6.37. The van der Waals surface area contributed by atoms with Crippen molar-refractivity contribution in [2.24, 2.45) is 0 Å². The molecule has 2 aromatic carbocycles. The molecule has 0 N–H and O–H groups in total. The first-order chi connectivity index (χ1) is 13.5. The molecule has 0 radical (unpaired) electrons. The van der Waals surface area contributed by atoms with Crippen LogP contribution in [-0.4, -0.2) is 25.7 Å². The van der Waals surface area contributed by atoms with E-state index in [1.807, 2.05) is 24.3 Å². The number of alkyl halides is 1. The van der Waals surface area contributed by atoms with Crippen molar-refractivity contribution in [1.29, 1.82) is 0 Å². The highest BCUT2D eigenvalue weighted by Crippen LogP contribution is 2.23. The smallest absolute Gasteiger partial charge is 0.243 e. The van der Waals surface area contributed by atoms with Crippen LogP contribution in [0.4, 0.5) is 0 Å². The third-order valence-electron chi connectivity index (χ3n) is 4.37. The average molecular weight is 420 g/mol. The number of aryl methyl sites for hydroxylation is 1. The molecule has 3 aromatic rings. The predicted molar refractivity (Wildman–Crippen MR) is 109 cm³/mol. The number of hydrogen-bond acceptors (Lipinski definition) is 4. The minimum Gasteiger partial charge on any atom is -0.497 e. The second-order valence-electron chi connectivity index (χ2n) is 6.28. The van der Waals surface area contributed by atoms with E-state index in [0.717, 1.165) is 16.9 Å². The molecule has 28 heavy (non-hydrogen) atoms. The molecule has 1 heterocycles. The minimum absolute atomic E-state index is 0.144. The SMILES string of the molecule is COc1ccc(CN(Cc2ccco2)S(=O)(=O)c2ccc(CCCl)cc2)cc1. The molecule has 0 atom stereocenters. The summed E-state index contributed by atoms with van der Waals surface area (Å²) >= 11 is 5.76. The van der Waals surface area contributed by atoms with E-state index in [2.05, 4.69) is 0 Å². The maximum Gasteiger partial charge on any atom is 0.243 e. The van der Waals surface area contributed by atoms with Crippen molar-refractivity contribution in [1.82, 2.24) is 4.31 Å². The van der Waals surface area contributed by atoms with Gasteiger partial charge in [0.1, 0.15) is 11.5 Å². The Labute approximate surface area is 170 Å². The van der Waals surface area contributed by atoms with Crippen LogP contribution in [0.25, 0.3) is 0 Å². The van der Waals surface area contributed by atoms with E-state index in [1.54, 1.807) is 43.5 Å². The van der Waals surface area contributed by atoms with E-state index < -0.39 is 10.0 Å². The summed E-state index contributed by atoms with van der Waals surface area (Å²) in [5.74, 6) is 1.80. The number of furan rings is 1. The van der Waals surface area contributed by atoms with E-state index in [1.165, 1.54) is 10.6 Å². The Hall–Kier alpha value is -2.28. The highest BCUT2D eigenvalue weighted by Gasteiger charge is 2.26. The molecule has 0 saturated heterocycles. The first kappa shape index (κ1) is 20.5. The van der Waals surface area contributed by atoms with E-state index in [-0.39, 0.29) is 18.0 Å². The predicted octanol–water partition coefficient (Wildman–Crippen LogP) is 4.46. The first-order valence-electron chi connectivity index (χ1n) is 8.83. The van der Waals surface area contributed by atoms with Gasteiger partial charge in [0.15, 0.2) is 0 Å². The molecular formula is C21H22ClNO4S. The summed E-state index contributed by atoms with van der Waals surface area (Å²) in [6.07, 6.45) is 2.23. The van der Waals surface area contributed by atoms with Crippen LogP contribution in [0.1, 0.15) is 16.9 Å². The quantitative estimate of drug-likeness (QED) is 0.480. The summed E-state index contributed by atoms with van der Waals surface area (Å²) in [6, 6.07) is 17.7. The van der Waals surface area contributed by atoms with Crippen molar-refractivity contribution in [3.05, 3.63) is 83.8 Å². The molecule has 0 unspecified atom stereocenters. The lowest BCUT2D eigenvalue weighted by molar-refractivity contribution is 0.358. The Kier molecular flexibility index (Phi) is 6.78. The van der Waals surface area contributed by atoms with Gasteiger partial charge in [-0.3, -0.25) is 0 Å². The highest BCUT2D eigenvalue weighted by molar-refractivity contribution is 7.89. The Morgan fingerprint density at radius 1 is 0.964 bits per heavy atom. The van der Waals surface area contributed by atoms with Crippen LogP contribution in [0.15, 0.2) is 76.2 Å². The van der Waals surface area contributed by atoms with Gasteiger partial charge in [-0.05, 0) is 53.9 Å². The van der Waals surface area contributed by atoms with Gasteiger partial charge in [0.2, 0.25) is 10.0 Å². The van der Waals surface area contributed by atoms with Crippen molar-refractivity contribution in [3.63, 3.8) is 0 Å². The molecule has 0 fully saturated rings. The van der Waals surface area contributed by atoms with Crippen molar-refractivity contribution in [2.75, 3.05) is 13.0 Å². The number of hydrogen-bond donors (Lipinski definition) is 0. The standard InChI is InChI=1S/C21H22ClNO4S/c1-26-19-8-4-18(5-9-19)15-23(16-20-3-2-14-27-20)28(24,25)21-10-6-17(7-11-21)12-13-22/h2-11,14H,12-13,15-16H2,1H3. The van der Waals surface area contributed by atoms with Gasteiger partial charge < -0.3 is 9.15 Å². The summed E-state index contributed by atoms with van der Waals surface area (Å²) in [5, 5.41) is 0. The van der Waals surface area contributed by atoms with Gasteiger partial charge in [0.25, 0.3) is 0 Å². The molecule has 0 aliphatic carbocycles. The molecule has 0 amide bonds. The molecule has 148 valence electrons. The van der Waals surface area contributed by atoms with Gasteiger partial charge in [-0.2, -0.15) is 4.31 Å². The topological polar surface area (TPSA) is 59.8 Å². The molecule has 0 aliphatic rings. The first-order valence-corrected chi connectivity index (χ1v) is 10.8. The Balaban J connectivity index is 1.89. The molecule has 1 aromatic heterocycles. The summed E-state index contributed by atoms with van der Waals surface area (Å²) < 4.78 is 38.5. The fourth-order valence-corrected chi connectivity index (χ4v) is 4.44. The lowest BCUT2D eigenvalue weighted by Gasteiger charge is -2.22. The average Bonchev–Trinajstić information content (AvgIpc) is 3.22. The van der Waals surface area contributed by atoms with Crippen molar-refractivity contribution < 1.29 is 17.6 Å². The monoisotopic (exact) mass is 419 g/mol. The van der Waals surface area contributed by atoms with Crippen LogP contribution in [0, 0.1) is 0 Å². The van der Waals surface area contributed by atoms with Crippen molar-refractivity contribution >= 4 is 21.6 Å². The summed E-state index contributed by atoms with van der Waals surface area (Å²) in [6.45, 7) is 0.362. The molecule has 0 spiro atoms. The van der Waals surface area contributed by atoms with Crippen LogP contribution >= 0.6 is 11.6 Å². The summed E-state index contributed by atoms with van der Waals surface area (Å²) in [5.41, 5.74) is 1.86. The third kappa shape index (κ3) is 4.95. The van der Waals surface area contributed by atoms with Gasteiger partial charge in [0.05, 0.1) is 24.8 Å². The largest absolute Gasteiger partial charge is 0.497 e. The number of rotatable bonds is 9. The van der Waals surface area contributed by atoms with E-state index in [9.17, 15) is 8.42 Å². The zero-order valence-corrected chi connectivity index (χ0v) is 17.1. The number of benzene rings is 2. The minimum atomic E-state index is -3.71. The Morgan fingerprint density at radius 3 is 2.21 bits per heavy atom. The summed E-state index contributed by atoms with van der Waals surface area (Å²) in [4.78, 5) is 0.242. The fraction of sp³-hybridized carbons (Fsp3) is 0.238. The van der Waals surface area contributed by atoms with Gasteiger partial charge >= 0.3 is 0 Å². The second-order valence-corrected chi connectivity index (χ2v) is 8.60. The number of halogens is 1. The number of methoxy groups -OCH3 is 1. The van der Waals surface area contributed by atoms with Crippen LogP contribution in [0.3, 0.4) is 0 Å². The molecule has 0 saturated carbocycles. The molecule has 7 heteroatoms. The maximum atomic E-state index is 13.3. The van der Waals surface area contributed by atoms with Crippen molar-refractivity contribution in [3.8, 4) is 5.75 Å². The molecule has 0 bridgehead atoms. The van der Waals surface area contributed by atoms with E-state index in [0.29, 0.717) is 18.1 Å². The van der Waals surface area contributed by atoms with Crippen LogP contribution in [0.2, 0.25) is 0 Å². The Morgan fingerprint density at radius 2 is 1.64 bits per heavy atom. The van der Waals surface area contributed by atoms with E-state index in [4.69, 9.17) is 20.8 Å². The zero-order valence-electron chi connectivity index (χ0n) is 15.5. The molecule has 5 nitrogen and oxygen atoms in total. The number of sulfonamides is 1. The molecule has 3 rings (SSSR count). The van der Waals surface area contributed by atoms with Crippen LogP contribution in [0.5, 0.6) is 5.75 Å². The molecular weight excluding hydrogens is 398 g/mol. The lowest BCUT2D eigenvalue weighted by Crippen LogP contribution is -2.30. The highest BCUT2D eigenvalue weighted by atomic mass is 35.5. The van der Waals surface area contributed by atoms with Gasteiger partial charge in [-0.15, -0.1) is 11.6 Å². The normalized spacial score (nSPS) is 11.7. The maximum absolute atomic E-state index is 13.3. The summed E-state index contributed by atoms with van der Waals surface area (Å²) in [7, 11) is -2.12. The fourth-order valence-electron chi connectivity index (χ4n) is 2.82. The Bertz CT molecular complexity index is 968. The van der Waals surface area contributed by atoms with Crippen LogP contribution < -0.4 is 4.74 Å². The molecule has 0 aliphatic heterocycles. The van der Waals surface area contributed by atoms with Crippen LogP contribution in [-0.2, 0) is 29.5 Å². The van der Waals surface area contributed by atoms with Crippen molar-refractivity contribution in [2.45, 2.75) is 24.4 Å². The van der Waals surface area contributed by atoms with E-state index >= 15 is 0 Å². The van der Waals surface area contributed by atoms with Gasteiger partial charge in [-0.1, -0.05) is 24.3 Å². The zero-order chi connectivity index (χ0) is 20.0. The number of ether oxygens (including phenoxy) is 1. The number of nitrogens with zero attached hydrogens (tertiary/aromatic N) is 1.